The normalized spacial score (nSPS) is 12.6. The first-order chi connectivity index (χ1) is 10.9. The molecule has 5 nitrogen and oxygen atoms in total. The maximum Gasteiger partial charge on any atom is 0.255 e. The predicted molar refractivity (Wildman–Crippen MR) is 89.5 cm³/mol. The van der Waals surface area contributed by atoms with E-state index in [0.717, 1.165) is 33.7 Å². The van der Waals surface area contributed by atoms with Gasteiger partial charge < -0.3 is 9.73 Å². The van der Waals surface area contributed by atoms with Gasteiger partial charge in [0.15, 0.2) is 0 Å². The molecule has 1 N–H and O–H groups in total. The van der Waals surface area contributed by atoms with Gasteiger partial charge in [0, 0.05) is 23.7 Å². The van der Waals surface area contributed by atoms with Gasteiger partial charge in [-0.25, -0.2) is 0 Å². The molecule has 23 heavy (non-hydrogen) atoms. The minimum Gasteiger partial charge on any atom is -0.459 e. The molecule has 0 aliphatic rings. The van der Waals surface area contributed by atoms with Gasteiger partial charge in [-0.3, -0.25) is 9.48 Å². The Bertz CT molecular complexity index is 889. The number of benzene rings is 1. The topological polar surface area (TPSA) is 60.1 Å². The largest absolute Gasteiger partial charge is 0.459 e. The van der Waals surface area contributed by atoms with Crippen LogP contribution in [-0.2, 0) is 7.05 Å². The number of furan rings is 1. The van der Waals surface area contributed by atoms with E-state index in [0.29, 0.717) is 5.56 Å². The van der Waals surface area contributed by atoms with Crippen molar-refractivity contribution in [2.75, 3.05) is 0 Å². The fourth-order valence-corrected chi connectivity index (χ4v) is 3.04. The molecule has 120 valence electrons. The van der Waals surface area contributed by atoms with E-state index in [4.69, 9.17) is 4.42 Å². The molecule has 2 aromatic heterocycles. The molecule has 0 saturated carbocycles. The summed E-state index contributed by atoms with van der Waals surface area (Å²) in [5, 5.41) is 8.40. The van der Waals surface area contributed by atoms with Crippen LogP contribution in [0.25, 0.3) is 11.0 Å². The highest BCUT2D eigenvalue weighted by Crippen LogP contribution is 2.29. The van der Waals surface area contributed by atoms with Gasteiger partial charge in [0.25, 0.3) is 5.91 Å². The van der Waals surface area contributed by atoms with Crippen molar-refractivity contribution in [1.29, 1.82) is 0 Å². The predicted octanol–water partition coefficient (Wildman–Crippen LogP) is 3.58. The molecule has 1 amide bonds. The highest BCUT2D eigenvalue weighted by atomic mass is 16.3. The standard InChI is InChI=1S/C18H21N3O2/c1-10-14-8-6-7-9-15(14)23-17(10)12(3)19-18(22)16-11(2)20-21(5)13(16)4/h6-9,12H,1-5H3,(H,19,22)/t12-/m1/s1. The number of hydrogen-bond donors (Lipinski definition) is 1. The van der Waals surface area contributed by atoms with E-state index >= 15 is 0 Å². The van der Waals surface area contributed by atoms with Crippen molar-refractivity contribution in [3.8, 4) is 0 Å². The third-order valence-electron chi connectivity index (χ3n) is 4.36. The number of hydrogen-bond acceptors (Lipinski definition) is 3. The van der Waals surface area contributed by atoms with E-state index in [2.05, 4.69) is 10.4 Å². The van der Waals surface area contributed by atoms with E-state index in [9.17, 15) is 4.79 Å². The summed E-state index contributed by atoms with van der Waals surface area (Å²) >= 11 is 0. The van der Waals surface area contributed by atoms with Crippen LogP contribution < -0.4 is 5.32 Å². The summed E-state index contributed by atoms with van der Waals surface area (Å²) in [5.41, 5.74) is 4.13. The molecule has 2 heterocycles. The van der Waals surface area contributed by atoms with Crippen LogP contribution in [0.15, 0.2) is 28.7 Å². The molecule has 0 spiro atoms. The lowest BCUT2D eigenvalue weighted by atomic mass is 10.1. The SMILES string of the molecule is Cc1nn(C)c(C)c1C(=O)N[C@H](C)c1oc2ccccc2c1C. The highest BCUT2D eigenvalue weighted by Gasteiger charge is 2.22. The number of aryl methyl sites for hydroxylation is 3. The molecule has 0 aliphatic heterocycles. The summed E-state index contributed by atoms with van der Waals surface area (Å²) in [6.45, 7) is 7.69. The Balaban J connectivity index is 1.90. The smallest absolute Gasteiger partial charge is 0.255 e. The second-order valence-electron chi connectivity index (χ2n) is 5.95. The molecule has 0 aliphatic carbocycles. The molecule has 0 bridgehead atoms. The van der Waals surface area contributed by atoms with Gasteiger partial charge in [-0.05, 0) is 33.8 Å². The third-order valence-corrected chi connectivity index (χ3v) is 4.36. The first kappa shape index (κ1) is 15.3. The molecule has 3 aromatic rings. The summed E-state index contributed by atoms with van der Waals surface area (Å²) in [6, 6.07) is 7.69. The molecule has 1 aromatic carbocycles. The molecular formula is C18H21N3O2. The molecule has 0 unspecified atom stereocenters. The maximum absolute atomic E-state index is 12.6. The zero-order chi connectivity index (χ0) is 16.7. The second-order valence-corrected chi connectivity index (χ2v) is 5.95. The first-order valence-corrected chi connectivity index (χ1v) is 7.69. The Morgan fingerprint density at radius 2 is 1.96 bits per heavy atom. The first-order valence-electron chi connectivity index (χ1n) is 7.69. The number of carbonyl (C=O) groups is 1. The monoisotopic (exact) mass is 311 g/mol. The van der Waals surface area contributed by atoms with Crippen LogP contribution >= 0.6 is 0 Å². The number of amides is 1. The minimum atomic E-state index is -0.214. The lowest BCUT2D eigenvalue weighted by Crippen LogP contribution is -2.27. The Hall–Kier alpha value is -2.56. The van der Waals surface area contributed by atoms with Gasteiger partial charge in [-0.15, -0.1) is 0 Å². The van der Waals surface area contributed by atoms with Crippen molar-refractivity contribution >= 4 is 16.9 Å². The zero-order valence-corrected chi connectivity index (χ0v) is 14.1. The number of fused-ring (bicyclic) bond motifs is 1. The summed E-state index contributed by atoms with van der Waals surface area (Å²) < 4.78 is 7.65. The van der Waals surface area contributed by atoms with E-state index in [1.54, 1.807) is 4.68 Å². The molecule has 0 fully saturated rings. The zero-order valence-electron chi connectivity index (χ0n) is 14.1. The quantitative estimate of drug-likeness (QED) is 0.804. The molecule has 0 saturated heterocycles. The van der Waals surface area contributed by atoms with Crippen LogP contribution in [0.1, 0.15) is 46.0 Å². The van der Waals surface area contributed by atoms with Gasteiger partial charge in [-0.2, -0.15) is 5.10 Å². The van der Waals surface area contributed by atoms with E-state index in [-0.39, 0.29) is 11.9 Å². The van der Waals surface area contributed by atoms with Gasteiger partial charge in [0.1, 0.15) is 11.3 Å². The Kier molecular flexibility index (Phi) is 3.72. The van der Waals surface area contributed by atoms with Gasteiger partial charge in [0.05, 0.1) is 17.3 Å². The van der Waals surface area contributed by atoms with Crippen molar-refractivity contribution < 1.29 is 9.21 Å². The minimum absolute atomic E-state index is 0.125. The summed E-state index contributed by atoms with van der Waals surface area (Å²) in [4.78, 5) is 12.6. The number of aromatic nitrogens is 2. The lowest BCUT2D eigenvalue weighted by Gasteiger charge is -2.13. The summed E-state index contributed by atoms with van der Waals surface area (Å²) in [7, 11) is 1.84. The second kappa shape index (κ2) is 5.57. The number of carbonyl (C=O) groups excluding carboxylic acids is 1. The van der Waals surface area contributed by atoms with Crippen LogP contribution in [0.3, 0.4) is 0 Å². The third kappa shape index (κ3) is 2.52. The lowest BCUT2D eigenvalue weighted by molar-refractivity contribution is 0.0934. The van der Waals surface area contributed by atoms with Crippen LogP contribution in [0, 0.1) is 20.8 Å². The molecular weight excluding hydrogens is 290 g/mol. The average Bonchev–Trinajstić information content (AvgIpc) is 2.97. The van der Waals surface area contributed by atoms with Gasteiger partial charge >= 0.3 is 0 Å². The van der Waals surface area contributed by atoms with Crippen LogP contribution in [0.5, 0.6) is 0 Å². The van der Waals surface area contributed by atoms with Gasteiger partial charge in [-0.1, -0.05) is 18.2 Å². The van der Waals surface area contributed by atoms with Gasteiger partial charge in [0.2, 0.25) is 0 Å². The molecule has 3 rings (SSSR count). The fourth-order valence-electron chi connectivity index (χ4n) is 3.04. The van der Waals surface area contributed by atoms with E-state index < -0.39 is 0 Å². The van der Waals surface area contributed by atoms with E-state index in [1.165, 1.54) is 0 Å². The van der Waals surface area contributed by atoms with Crippen LogP contribution in [0.4, 0.5) is 0 Å². The Morgan fingerprint density at radius 3 is 2.57 bits per heavy atom. The van der Waals surface area contributed by atoms with Crippen molar-refractivity contribution in [3.63, 3.8) is 0 Å². The fraction of sp³-hybridized carbons (Fsp3) is 0.333. The van der Waals surface area contributed by atoms with E-state index in [1.807, 2.05) is 59.0 Å². The summed E-state index contributed by atoms with van der Waals surface area (Å²) in [6.07, 6.45) is 0. The number of rotatable bonds is 3. The summed E-state index contributed by atoms with van der Waals surface area (Å²) in [5.74, 6) is 0.666. The molecule has 5 heteroatoms. The number of nitrogens with one attached hydrogen (secondary N) is 1. The number of nitrogens with zero attached hydrogens (tertiary/aromatic N) is 2. The molecule has 0 radical (unpaired) electrons. The average molecular weight is 311 g/mol. The van der Waals surface area contributed by atoms with Crippen LogP contribution in [0.2, 0.25) is 0 Å². The van der Waals surface area contributed by atoms with Crippen molar-refractivity contribution in [2.45, 2.75) is 33.7 Å². The Labute approximate surface area is 135 Å². The van der Waals surface area contributed by atoms with Crippen molar-refractivity contribution in [3.05, 3.63) is 52.5 Å². The maximum atomic E-state index is 12.6. The van der Waals surface area contributed by atoms with Crippen molar-refractivity contribution in [2.24, 2.45) is 7.05 Å². The van der Waals surface area contributed by atoms with Crippen molar-refractivity contribution in [1.82, 2.24) is 15.1 Å². The molecule has 1 atom stereocenters. The highest BCUT2D eigenvalue weighted by molar-refractivity contribution is 5.96. The number of para-hydroxylation sites is 1. The van der Waals surface area contributed by atoms with Crippen LogP contribution in [-0.4, -0.2) is 15.7 Å². The Morgan fingerprint density at radius 1 is 1.26 bits per heavy atom.